The van der Waals surface area contributed by atoms with Gasteiger partial charge in [-0.2, -0.15) is 11.3 Å². The van der Waals surface area contributed by atoms with Gasteiger partial charge >= 0.3 is 11.8 Å². The molecule has 0 saturated heterocycles. The van der Waals surface area contributed by atoms with Crippen molar-refractivity contribution in [2.24, 2.45) is 0 Å². The first kappa shape index (κ1) is 19.5. The number of thiophene rings is 1. The lowest BCUT2D eigenvalue weighted by Crippen LogP contribution is -2.40. The first-order valence-electron chi connectivity index (χ1n) is 7.82. The second-order valence-electron chi connectivity index (χ2n) is 5.98. The number of nitro groups is 1. The molecule has 1 aromatic carbocycles. The summed E-state index contributed by atoms with van der Waals surface area (Å²) in [4.78, 5) is 36.6. The molecule has 0 aliphatic carbocycles. The van der Waals surface area contributed by atoms with Crippen LogP contribution in [-0.2, 0) is 9.59 Å². The van der Waals surface area contributed by atoms with Crippen LogP contribution in [0.2, 0.25) is 0 Å². The van der Waals surface area contributed by atoms with Gasteiger partial charge in [0.15, 0.2) is 0 Å². The number of nitro benzene ring substituents is 1. The van der Waals surface area contributed by atoms with Gasteiger partial charge in [0.25, 0.3) is 5.69 Å². The molecule has 2 aromatic rings. The van der Waals surface area contributed by atoms with Crippen LogP contribution in [0.1, 0.15) is 17.2 Å². The fraction of sp³-hybridized carbons (Fsp3) is 0.294. The summed E-state index contributed by atoms with van der Waals surface area (Å²) in [6.45, 7) is 1.95. The highest BCUT2D eigenvalue weighted by molar-refractivity contribution is 7.08. The fourth-order valence-electron chi connectivity index (χ4n) is 2.41. The fourth-order valence-corrected chi connectivity index (χ4v) is 3.12. The Bertz CT molecular complexity index is 805. The summed E-state index contributed by atoms with van der Waals surface area (Å²) in [7, 11) is 3.76. The molecule has 26 heavy (non-hydrogen) atoms. The van der Waals surface area contributed by atoms with Crippen molar-refractivity contribution in [2.75, 3.05) is 26.0 Å². The third kappa shape index (κ3) is 4.87. The number of carbonyl (C=O) groups excluding carboxylic acids is 2. The molecule has 1 heterocycles. The van der Waals surface area contributed by atoms with Crippen molar-refractivity contribution in [3.05, 3.63) is 56.3 Å². The maximum absolute atomic E-state index is 12.1. The second kappa shape index (κ2) is 8.54. The smallest absolute Gasteiger partial charge is 0.313 e. The quantitative estimate of drug-likeness (QED) is 0.457. The van der Waals surface area contributed by atoms with E-state index in [4.69, 9.17) is 0 Å². The van der Waals surface area contributed by atoms with Crippen molar-refractivity contribution < 1.29 is 14.5 Å². The lowest BCUT2D eigenvalue weighted by molar-refractivity contribution is -0.384. The van der Waals surface area contributed by atoms with Crippen molar-refractivity contribution in [2.45, 2.75) is 13.0 Å². The zero-order valence-electron chi connectivity index (χ0n) is 14.7. The summed E-state index contributed by atoms with van der Waals surface area (Å²) in [5, 5.41) is 19.9. The Labute approximate surface area is 155 Å². The van der Waals surface area contributed by atoms with Crippen molar-refractivity contribution in [3.8, 4) is 0 Å². The topological polar surface area (TPSA) is 105 Å². The SMILES string of the molecule is Cc1ccc(NC(=O)C(=O)NCC(c2ccsc2)N(C)C)c([N+](=O)[O-])c1. The van der Waals surface area contributed by atoms with Crippen molar-refractivity contribution >= 4 is 34.5 Å². The van der Waals surface area contributed by atoms with Crippen molar-refractivity contribution in [3.63, 3.8) is 0 Å². The Morgan fingerprint density at radius 2 is 2.00 bits per heavy atom. The van der Waals surface area contributed by atoms with E-state index in [0.717, 1.165) is 5.56 Å². The highest BCUT2D eigenvalue weighted by Crippen LogP contribution is 2.25. The molecule has 138 valence electrons. The lowest BCUT2D eigenvalue weighted by Gasteiger charge is -2.23. The van der Waals surface area contributed by atoms with E-state index in [9.17, 15) is 19.7 Å². The molecule has 1 unspecified atom stereocenters. The van der Waals surface area contributed by atoms with E-state index in [1.807, 2.05) is 35.8 Å². The molecule has 8 nitrogen and oxygen atoms in total. The van der Waals surface area contributed by atoms with Crippen LogP contribution in [0.3, 0.4) is 0 Å². The molecule has 0 fully saturated rings. The van der Waals surface area contributed by atoms with Gasteiger partial charge in [0.1, 0.15) is 5.69 Å². The summed E-state index contributed by atoms with van der Waals surface area (Å²) in [6.07, 6.45) is 0. The standard InChI is InChI=1S/C17H20N4O4S/c1-11-4-5-13(14(8-11)21(24)25)19-17(23)16(22)18-9-15(20(2)3)12-6-7-26-10-12/h4-8,10,15H,9H2,1-3H3,(H,18,22)(H,19,23). The van der Waals surface area contributed by atoms with Gasteiger partial charge in [-0.3, -0.25) is 19.7 Å². The molecule has 0 bridgehead atoms. The number of nitrogens with zero attached hydrogens (tertiary/aromatic N) is 2. The van der Waals surface area contributed by atoms with Gasteiger partial charge in [-0.1, -0.05) is 6.07 Å². The van der Waals surface area contributed by atoms with Crippen LogP contribution in [0.25, 0.3) is 0 Å². The summed E-state index contributed by atoms with van der Waals surface area (Å²) in [5.74, 6) is -1.79. The summed E-state index contributed by atoms with van der Waals surface area (Å²) in [5.41, 5.74) is 1.46. The molecule has 0 spiro atoms. The van der Waals surface area contributed by atoms with Crippen LogP contribution >= 0.6 is 11.3 Å². The van der Waals surface area contributed by atoms with Gasteiger partial charge in [-0.05, 0) is 55.0 Å². The van der Waals surface area contributed by atoms with Gasteiger partial charge in [-0.25, -0.2) is 0 Å². The largest absolute Gasteiger partial charge is 0.346 e. The minimum Gasteiger partial charge on any atom is -0.346 e. The second-order valence-corrected chi connectivity index (χ2v) is 6.76. The highest BCUT2D eigenvalue weighted by Gasteiger charge is 2.22. The maximum Gasteiger partial charge on any atom is 0.313 e. The monoisotopic (exact) mass is 376 g/mol. The van der Waals surface area contributed by atoms with Gasteiger partial charge in [0.05, 0.1) is 11.0 Å². The number of carbonyl (C=O) groups is 2. The molecular formula is C17H20N4O4S. The number of aryl methyl sites for hydroxylation is 1. The molecule has 2 amide bonds. The Balaban J connectivity index is 2.02. The lowest BCUT2D eigenvalue weighted by atomic mass is 10.1. The molecule has 0 saturated carbocycles. The van der Waals surface area contributed by atoms with Crippen LogP contribution < -0.4 is 10.6 Å². The van der Waals surface area contributed by atoms with E-state index >= 15 is 0 Å². The van der Waals surface area contributed by atoms with Crippen molar-refractivity contribution in [1.29, 1.82) is 0 Å². The Kier molecular flexibility index (Phi) is 6.42. The van der Waals surface area contributed by atoms with Gasteiger partial charge < -0.3 is 15.5 Å². The van der Waals surface area contributed by atoms with Crippen LogP contribution in [-0.4, -0.2) is 42.3 Å². The number of anilines is 1. The van der Waals surface area contributed by atoms with Crippen LogP contribution in [0, 0.1) is 17.0 Å². The van der Waals surface area contributed by atoms with Gasteiger partial charge in [0, 0.05) is 12.6 Å². The zero-order valence-corrected chi connectivity index (χ0v) is 15.5. The first-order chi connectivity index (χ1) is 12.3. The Hall–Kier alpha value is -2.78. The van der Waals surface area contributed by atoms with Crippen molar-refractivity contribution in [1.82, 2.24) is 10.2 Å². The molecule has 9 heteroatoms. The molecule has 2 N–H and O–H groups in total. The zero-order chi connectivity index (χ0) is 19.3. The number of amides is 2. The van der Waals surface area contributed by atoms with E-state index in [1.165, 1.54) is 12.1 Å². The molecule has 2 rings (SSSR count). The number of benzene rings is 1. The summed E-state index contributed by atoms with van der Waals surface area (Å²) in [6, 6.07) is 6.25. The number of nitrogens with one attached hydrogen (secondary N) is 2. The van der Waals surface area contributed by atoms with E-state index in [2.05, 4.69) is 10.6 Å². The molecule has 0 aliphatic rings. The number of hydrogen-bond acceptors (Lipinski definition) is 6. The minimum atomic E-state index is -0.945. The van der Waals surface area contributed by atoms with E-state index in [1.54, 1.807) is 24.3 Å². The van der Waals surface area contributed by atoms with Crippen LogP contribution in [0.5, 0.6) is 0 Å². The normalized spacial score (nSPS) is 11.8. The third-order valence-corrected chi connectivity index (χ3v) is 4.51. The molecular weight excluding hydrogens is 356 g/mol. The van der Waals surface area contributed by atoms with Crippen LogP contribution in [0.4, 0.5) is 11.4 Å². The number of hydrogen-bond donors (Lipinski definition) is 2. The Morgan fingerprint density at radius 3 is 2.58 bits per heavy atom. The molecule has 0 radical (unpaired) electrons. The Morgan fingerprint density at radius 1 is 1.27 bits per heavy atom. The molecule has 1 atom stereocenters. The summed E-state index contributed by atoms with van der Waals surface area (Å²) >= 11 is 1.55. The van der Waals surface area contributed by atoms with Crippen LogP contribution in [0.15, 0.2) is 35.0 Å². The number of rotatable bonds is 6. The predicted octanol–water partition coefficient (Wildman–Crippen LogP) is 2.32. The van der Waals surface area contributed by atoms with Gasteiger partial charge in [-0.15, -0.1) is 0 Å². The van der Waals surface area contributed by atoms with E-state index in [0.29, 0.717) is 5.56 Å². The molecule has 1 aromatic heterocycles. The minimum absolute atomic E-state index is 0.0113. The van der Waals surface area contributed by atoms with E-state index in [-0.39, 0.29) is 24.0 Å². The average Bonchev–Trinajstić information content (AvgIpc) is 3.10. The van der Waals surface area contributed by atoms with E-state index < -0.39 is 16.7 Å². The predicted molar refractivity (Wildman–Crippen MR) is 100 cm³/mol. The third-order valence-electron chi connectivity index (χ3n) is 3.81. The maximum atomic E-state index is 12.1. The summed E-state index contributed by atoms with van der Waals surface area (Å²) < 4.78 is 0. The first-order valence-corrected chi connectivity index (χ1v) is 8.76. The average molecular weight is 376 g/mol. The van der Waals surface area contributed by atoms with Gasteiger partial charge in [0.2, 0.25) is 0 Å². The molecule has 0 aliphatic heterocycles. The number of likely N-dealkylation sites (N-methyl/N-ethyl adjacent to an activating group) is 1. The highest BCUT2D eigenvalue weighted by atomic mass is 32.1.